The largest absolute Gasteiger partial charge is 0.393 e. The van der Waals surface area contributed by atoms with Gasteiger partial charge in [0.25, 0.3) is 11.5 Å². The molecule has 5 rings (SSSR count). The number of carbonyl (C=O) groups is 1. The van der Waals surface area contributed by atoms with Gasteiger partial charge in [0.2, 0.25) is 0 Å². The van der Waals surface area contributed by atoms with Crippen LogP contribution in [-0.4, -0.2) is 37.1 Å². The number of aromatic amines is 1. The van der Waals surface area contributed by atoms with Crippen LogP contribution in [0.5, 0.6) is 0 Å². The van der Waals surface area contributed by atoms with Crippen molar-refractivity contribution >= 4 is 34.4 Å². The first-order valence-electron chi connectivity index (χ1n) is 11.0. The third kappa shape index (κ3) is 4.73. The first-order valence-corrected chi connectivity index (χ1v) is 11.9. The molecule has 0 saturated heterocycles. The van der Waals surface area contributed by atoms with Crippen LogP contribution in [0.3, 0.4) is 0 Å². The highest BCUT2D eigenvalue weighted by molar-refractivity contribution is 7.14. The Morgan fingerprint density at radius 3 is 2.86 bits per heavy atom. The highest BCUT2D eigenvalue weighted by Gasteiger charge is 2.22. The maximum absolute atomic E-state index is 14.6. The molecule has 1 aliphatic rings. The normalized spacial score (nSPS) is 15.0. The van der Waals surface area contributed by atoms with Crippen LogP contribution in [0, 0.1) is 12.7 Å². The number of benzene rings is 1. The van der Waals surface area contributed by atoms with Gasteiger partial charge in [-0.15, -0.1) is 11.3 Å². The second kappa shape index (κ2) is 9.08. The van der Waals surface area contributed by atoms with E-state index in [2.05, 4.69) is 25.9 Å². The van der Waals surface area contributed by atoms with Crippen LogP contribution >= 0.6 is 11.3 Å². The molecule has 0 bridgehead atoms. The maximum Gasteiger partial charge on any atom is 0.287 e. The number of carbonyl (C=O) groups excluding carboxylic acids is 1. The van der Waals surface area contributed by atoms with E-state index in [4.69, 9.17) is 0 Å². The van der Waals surface area contributed by atoms with Gasteiger partial charge < -0.3 is 15.7 Å². The monoisotopic (exact) mass is 494 g/mol. The molecule has 35 heavy (non-hydrogen) atoms. The third-order valence-electron chi connectivity index (χ3n) is 5.97. The van der Waals surface area contributed by atoms with Gasteiger partial charge >= 0.3 is 0 Å². The number of thiophene rings is 1. The van der Waals surface area contributed by atoms with E-state index in [1.807, 2.05) is 6.92 Å². The molecular weight excluding hydrogens is 471 g/mol. The number of aliphatic hydroxyl groups is 1. The van der Waals surface area contributed by atoms with Crippen LogP contribution in [0.15, 0.2) is 41.2 Å². The lowest BCUT2D eigenvalue weighted by Gasteiger charge is -2.16. The summed E-state index contributed by atoms with van der Waals surface area (Å²) in [6.07, 6.45) is 1.53. The lowest BCUT2D eigenvalue weighted by Crippen LogP contribution is -2.16. The summed E-state index contributed by atoms with van der Waals surface area (Å²) in [5.74, 6) is -0.506. The smallest absolute Gasteiger partial charge is 0.287 e. The lowest BCUT2D eigenvalue weighted by molar-refractivity contribution is 0.102. The van der Waals surface area contributed by atoms with Crippen molar-refractivity contribution in [2.24, 2.45) is 7.05 Å². The Morgan fingerprint density at radius 1 is 1.26 bits per heavy atom. The predicted octanol–water partition coefficient (Wildman–Crippen LogP) is 3.52. The minimum atomic E-state index is -0.592. The Labute approximate surface area is 203 Å². The number of rotatable bonds is 5. The molecule has 11 heteroatoms. The van der Waals surface area contributed by atoms with Gasteiger partial charge in [0.15, 0.2) is 5.82 Å². The average Bonchev–Trinajstić information content (AvgIpc) is 3.38. The number of H-pyrrole nitrogens is 1. The topological polar surface area (TPSA) is 125 Å². The van der Waals surface area contributed by atoms with Crippen LogP contribution < -0.4 is 16.2 Å². The van der Waals surface area contributed by atoms with Crippen LogP contribution in [0.1, 0.15) is 32.2 Å². The van der Waals surface area contributed by atoms with Crippen molar-refractivity contribution in [1.82, 2.24) is 20.0 Å². The first-order chi connectivity index (χ1) is 16.8. The average molecular weight is 495 g/mol. The predicted molar refractivity (Wildman–Crippen MR) is 132 cm³/mol. The van der Waals surface area contributed by atoms with Crippen LogP contribution in [0.2, 0.25) is 0 Å². The molecule has 1 amide bonds. The summed E-state index contributed by atoms with van der Waals surface area (Å²) in [5.41, 5.74) is 2.58. The quantitative estimate of drug-likeness (QED) is 0.336. The lowest BCUT2D eigenvalue weighted by atomic mass is 9.96. The number of aryl methyl sites for hydroxylation is 3. The molecule has 1 aromatic carbocycles. The number of aliphatic hydroxyl groups excluding tert-OH is 1. The van der Waals surface area contributed by atoms with E-state index in [1.165, 1.54) is 29.5 Å². The number of hydrogen-bond acceptors (Lipinski definition) is 7. The molecule has 1 aliphatic carbocycles. The van der Waals surface area contributed by atoms with Crippen molar-refractivity contribution in [3.63, 3.8) is 0 Å². The van der Waals surface area contributed by atoms with E-state index >= 15 is 0 Å². The molecule has 4 aromatic rings. The second-order valence-electron chi connectivity index (χ2n) is 8.52. The van der Waals surface area contributed by atoms with E-state index in [0.29, 0.717) is 34.8 Å². The van der Waals surface area contributed by atoms with Gasteiger partial charge in [-0.1, -0.05) is 0 Å². The van der Waals surface area contributed by atoms with Gasteiger partial charge in [-0.05, 0) is 62.1 Å². The van der Waals surface area contributed by atoms with Gasteiger partial charge in [-0.2, -0.15) is 10.2 Å². The second-order valence-corrected chi connectivity index (χ2v) is 9.66. The summed E-state index contributed by atoms with van der Waals surface area (Å²) in [5, 5.41) is 26.3. The Morgan fingerprint density at radius 2 is 2.09 bits per heavy atom. The SMILES string of the molecule is Cc1cc(Nc2cc(-c3ccc(F)c(NC(=O)c4cc5c(s4)CCC(O)C5)c3)n[nH]c2=O)nn1C. The van der Waals surface area contributed by atoms with E-state index in [9.17, 15) is 19.1 Å². The summed E-state index contributed by atoms with van der Waals surface area (Å²) in [6, 6.07) is 9.34. The summed E-state index contributed by atoms with van der Waals surface area (Å²) < 4.78 is 16.2. The molecule has 0 radical (unpaired) electrons. The van der Waals surface area contributed by atoms with Crippen molar-refractivity contribution in [2.75, 3.05) is 10.6 Å². The Bertz CT molecular complexity index is 1470. The number of nitrogens with zero attached hydrogens (tertiary/aromatic N) is 3. The molecule has 9 nitrogen and oxygen atoms in total. The zero-order valence-corrected chi connectivity index (χ0v) is 19.9. The molecule has 0 fully saturated rings. The van der Waals surface area contributed by atoms with Gasteiger partial charge in [-0.3, -0.25) is 14.3 Å². The van der Waals surface area contributed by atoms with Gasteiger partial charge in [0.1, 0.15) is 11.5 Å². The highest BCUT2D eigenvalue weighted by Crippen LogP contribution is 2.31. The summed E-state index contributed by atoms with van der Waals surface area (Å²) >= 11 is 1.36. The summed E-state index contributed by atoms with van der Waals surface area (Å²) in [7, 11) is 1.80. The molecular formula is C24H23FN6O3S. The van der Waals surface area contributed by atoms with Crippen molar-refractivity contribution in [3.8, 4) is 11.3 Å². The minimum Gasteiger partial charge on any atom is -0.393 e. The minimum absolute atomic E-state index is 0.00164. The van der Waals surface area contributed by atoms with Crippen LogP contribution in [0.4, 0.5) is 21.6 Å². The standard InChI is InChI=1S/C24H23FN6O3S/c1-12-7-22(30-31(12)2)26-19-11-17(28-29-23(19)33)13-3-5-16(25)18(9-13)27-24(34)21-10-14-8-15(32)4-6-20(14)35-21/h3,5,7,9-11,15,32H,4,6,8H2,1-2H3,(H,27,34)(H,29,33)(H,26,28,30). The third-order valence-corrected chi connectivity index (χ3v) is 7.21. The fourth-order valence-corrected chi connectivity index (χ4v) is 5.09. The van der Waals surface area contributed by atoms with Crippen LogP contribution in [0.25, 0.3) is 11.3 Å². The van der Waals surface area contributed by atoms with Gasteiger partial charge in [-0.25, -0.2) is 9.49 Å². The molecule has 0 saturated carbocycles. The van der Waals surface area contributed by atoms with Gasteiger partial charge in [0, 0.05) is 29.2 Å². The highest BCUT2D eigenvalue weighted by atomic mass is 32.1. The molecule has 1 unspecified atom stereocenters. The Kier molecular flexibility index (Phi) is 5.95. The molecule has 180 valence electrons. The van der Waals surface area contributed by atoms with Crippen molar-refractivity contribution < 1.29 is 14.3 Å². The molecule has 0 spiro atoms. The molecule has 1 atom stereocenters. The van der Waals surface area contributed by atoms with Crippen molar-refractivity contribution in [3.05, 3.63) is 73.6 Å². The number of fused-ring (bicyclic) bond motifs is 1. The van der Waals surface area contributed by atoms with E-state index in [0.717, 1.165) is 22.6 Å². The number of amides is 1. The first kappa shape index (κ1) is 22.9. The maximum atomic E-state index is 14.6. The zero-order chi connectivity index (χ0) is 24.7. The number of hydrogen-bond donors (Lipinski definition) is 4. The number of anilines is 3. The van der Waals surface area contributed by atoms with Crippen molar-refractivity contribution in [1.29, 1.82) is 0 Å². The number of nitrogens with one attached hydrogen (secondary N) is 3. The number of aromatic nitrogens is 4. The molecule has 3 heterocycles. The Balaban J connectivity index is 1.39. The van der Waals surface area contributed by atoms with Crippen LogP contribution in [-0.2, 0) is 19.9 Å². The van der Waals surface area contributed by atoms with E-state index < -0.39 is 23.4 Å². The number of halogens is 1. The van der Waals surface area contributed by atoms with E-state index in [1.54, 1.807) is 29.9 Å². The van der Waals surface area contributed by atoms with E-state index in [-0.39, 0.29) is 11.4 Å². The summed E-state index contributed by atoms with van der Waals surface area (Å²) in [6.45, 7) is 1.89. The molecule has 4 N–H and O–H groups in total. The van der Waals surface area contributed by atoms with Gasteiger partial charge in [0.05, 0.1) is 22.4 Å². The zero-order valence-electron chi connectivity index (χ0n) is 19.1. The fourth-order valence-electron chi connectivity index (χ4n) is 3.99. The Hall–Kier alpha value is -3.83. The molecule has 3 aromatic heterocycles. The summed E-state index contributed by atoms with van der Waals surface area (Å²) in [4.78, 5) is 26.7. The molecule has 0 aliphatic heterocycles. The van der Waals surface area contributed by atoms with Crippen molar-refractivity contribution in [2.45, 2.75) is 32.3 Å². The fraction of sp³-hybridized carbons (Fsp3) is 0.250.